The van der Waals surface area contributed by atoms with Crippen LogP contribution >= 0.6 is 11.3 Å². The molecule has 0 saturated heterocycles. The monoisotopic (exact) mass is 491 g/mol. The van der Waals surface area contributed by atoms with Gasteiger partial charge in [-0.2, -0.15) is 0 Å². The number of fused-ring (bicyclic) bond motifs is 2. The van der Waals surface area contributed by atoms with Crippen molar-refractivity contribution in [3.8, 4) is 5.75 Å². The van der Waals surface area contributed by atoms with Gasteiger partial charge in [-0.3, -0.25) is 28.6 Å². The smallest absolute Gasteiger partial charge is 0.332 e. The van der Waals surface area contributed by atoms with Gasteiger partial charge in [0, 0.05) is 20.3 Å². The largest absolute Gasteiger partial charge is 0.494 e. The van der Waals surface area contributed by atoms with Gasteiger partial charge >= 0.3 is 5.69 Å². The molecule has 4 heterocycles. The Hall–Kier alpha value is -4.32. The van der Waals surface area contributed by atoms with E-state index in [4.69, 9.17) is 4.74 Å². The lowest BCUT2D eigenvalue weighted by atomic mass is 10.3. The predicted molar refractivity (Wildman–Crippen MR) is 132 cm³/mol. The molecule has 11 nitrogen and oxygen atoms in total. The zero-order valence-corrected chi connectivity index (χ0v) is 20.0. The SMILES string of the molecule is COc1cccc2sc(N(Cc3ccccn3)C(=O)Cn3cnc4c3c(=O)n(C)c(=O)n4C)nc12. The second kappa shape index (κ2) is 8.80. The van der Waals surface area contributed by atoms with Crippen LogP contribution in [0.3, 0.4) is 0 Å². The molecular weight excluding hydrogens is 470 g/mol. The first-order valence-electron chi connectivity index (χ1n) is 10.6. The Morgan fingerprint density at radius 1 is 1.09 bits per heavy atom. The van der Waals surface area contributed by atoms with Gasteiger partial charge in [0.05, 0.1) is 30.4 Å². The van der Waals surface area contributed by atoms with Crippen molar-refractivity contribution >= 4 is 43.8 Å². The highest BCUT2D eigenvalue weighted by Crippen LogP contribution is 2.34. The third-order valence-electron chi connectivity index (χ3n) is 5.69. The number of para-hydroxylation sites is 1. The van der Waals surface area contributed by atoms with Crippen LogP contribution < -0.4 is 20.9 Å². The maximum absolute atomic E-state index is 13.6. The van der Waals surface area contributed by atoms with Crippen LogP contribution in [0.1, 0.15) is 5.69 Å². The minimum Gasteiger partial charge on any atom is -0.494 e. The fourth-order valence-corrected chi connectivity index (χ4v) is 4.86. The maximum atomic E-state index is 13.6. The number of amides is 1. The van der Waals surface area contributed by atoms with Crippen molar-refractivity contribution in [2.24, 2.45) is 14.1 Å². The van der Waals surface area contributed by atoms with E-state index in [9.17, 15) is 14.4 Å². The molecule has 0 aliphatic rings. The number of anilines is 1. The molecule has 1 amide bonds. The molecule has 0 aliphatic heterocycles. The Bertz CT molecular complexity index is 1680. The standard InChI is InChI=1S/C23H21N7O4S/c1-27-20-19(21(32)28(2)23(27)33)29(13-25-20)12-17(31)30(11-14-7-4-5-10-24-14)22-26-18-15(34-3)8-6-9-16(18)35-22/h4-10,13H,11-12H2,1-3H3. The van der Waals surface area contributed by atoms with Gasteiger partial charge < -0.3 is 9.30 Å². The molecule has 0 atom stereocenters. The topological polar surface area (TPSA) is 117 Å². The van der Waals surface area contributed by atoms with E-state index in [0.29, 0.717) is 22.1 Å². The second-order valence-corrected chi connectivity index (χ2v) is 8.86. The lowest BCUT2D eigenvalue weighted by Gasteiger charge is -2.20. The van der Waals surface area contributed by atoms with Gasteiger partial charge in [-0.25, -0.2) is 14.8 Å². The first-order chi connectivity index (χ1) is 16.9. The summed E-state index contributed by atoms with van der Waals surface area (Å²) in [6.45, 7) is 0.00870. The van der Waals surface area contributed by atoms with Gasteiger partial charge in [0.25, 0.3) is 5.56 Å². The van der Waals surface area contributed by atoms with Crippen molar-refractivity contribution < 1.29 is 9.53 Å². The van der Waals surface area contributed by atoms with Crippen molar-refractivity contribution in [3.05, 3.63) is 75.5 Å². The molecular formula is C23H21N7O4S. The van der Waals surface area contributed by atoms with Crippen LogP contribution in [-0.4, -0.2) is 41.7 Å². The van der Waals surface area contributed by atoms with Gasteiger partial charge in [-0.05, 0) is 24.3 Å². The minimum absolute atomic E-state index is 0.173. The normalized spacial score (nSPS) is 11.3. The Morgan fingerprint density at radius 3 is 2.66 bits per heavy atom. The van der Waals surface area contributed by atoms with Crippen LogP contribution in [0.4, 0.5) is 5.13 Å². The average Bonchev–Trinajstić information content (AvgIpc) is 3.49. The van der Waals surface area contributed by atoms with Gasteiger partial charge in [-0.1, -0.05) is 23.5 Å². The molecule has 0 radical (unpaired) electrons. The van der Waals surface area contributed by atoms with Gasteiger partial charge in [-0.15, -0.1) is 0 Å². The molecule has 0 N–H and O–H groups in total. The molecule has 0 spiro atoms. The lowest BCUT2D eigenvalue weighted by molar-refractivity contribution is -0.119. The number of thiazole rings is 1. The van der Waals surface area contributed by atoms with Crippen molar-refractivity contribution in [2.75, 3.05) is 12.0 Å². The third-order valence-corrected chi connectivity index (χ3v) is 6.74. The van der Waals surface area contributed by atoms with Gasteiger partial charge in [0.15, 0.2) is 16.3 Å². The predicted octanol–water partition coefficient (Wildman–Crippen LogP) is 1.68. The summed E-state index contributed by atoms with van der Waals surface area (Å²) in [4.78, 5) is 53.5. The number of ether oxygens (including phenoxy) is 1. The van der Waals surface area contributed by atoms with E-state index in [1.807, 2.05) is 30.3 Å². The lowest BCUT2D eigenvalue weighted by Crippen LogP contribution is -2.38. The highest BCUT2D eigenvalue weighted by Gasteiger charge is 2.24. The van der Waals surface area contributed by atoms with Crippen LogP contribution in [0, 0.1) is 0 Å². The van der Waals surface area contributed by atoms with Gasteiger partial charge in [0.1, 0.15) is 17.8 Å². The summed E-state index contributed by atoms with van der Waals surface area (Å²) in [6.07, 6.45) is 3.05. The molecule has 5 rings (SSSR count). The number of benzene rings is 1. The summed E-state index contributed by atoms with van der Waals surface area (Å²) in [5.41, 5.74) is 0.721. The molecule has 4 aromatic heterocycles. The number of rotatable bonds is 6. The Kier molecular flexibility index (Phi) is 5.65. The third kappa shape index (κ3) is 3.87. The summed E-state index contributed by atoms with van der Waals surface area (Å²) in [5, 5.41) is 0.477. The van der Waals surface area contributed by atoms with Gasteiger partial charge in [0.2, 0.25) is 5.91 Å². The number of aryl methyl sites for hydroxylation is 1. The highest BCUT2D eigenvalue weighted by molar-refractivity contribution is 7.22. The first kappa shape index (κ1) is 22.5. The summed E-state index contributed by atoms with van der Waals surface area (Å²) in [5.74, 6) is 0.295. The van der Waals surface area contributed by atoms with E-state index >= 15 is 0 Å². The zero-order chi connectivity index (χ0) is 24.7. The Balaban J connectivity index is 1.58. The van der Waals surface area contributed by atoms with E-state index in [2.05, 4.69) is 15.0 Å². The molecule has 0 fully saturated rings. The van der Waals surface area contributed by atoms with E-state index in [1.54, 1.807) is 19.4 Å². The Morgan fingerprint density at radius 2 is 1.91 bits per heavy atom. The quantitative estimate of drug-likeness (QED) is 0.355. The molecule has 0 unspecified atom stereocenters. The number of hydrogen-bond donors (Lipinski definition) is 0. The average molecular weight is 492 g/mol. The van der Waals surface area contributed by atoms with Crippen LogP contribution in [0.2, 0.25) is 0 Å². The molecule has 35 heavy (non-hydrogen) atoms. The second-order valence-electron chi connectivity index (χ2n) is 7.85. The zero-order valence-electron chi connectivity index (χ0n) is 19.2. The number of carbonyl (C=O) groups excluding carboxylic acids is 1. The van der Waals surface area contributed by atoms with E-state index in [0.717, 1.165) is 9.27 Å². The van der Waals surface area contributed by atoms with E-state index < -0.39 is 11.2 Å². The maximum Gasteiger partial charge on any atom is 0.332 e. The fraction of sp³-hybridized carbons (Fsp3) is 0.217. The molecule has 12 heteroatoms. The number of carbonyl (C=O) groups is 1. The highest BCUT2D eigenvalue weighted by atomic mass is 32.1. The Labute approximate surface area is 202 Å². The molecule has 0 aliphatic carbocycles. The van der Waals surface area contributed by atoms with Crippen molar-refractivity contribution in [1.82, 2.24) is 28.7 Å². The van der Waals surface area contributed by atoms with Crippen molar-refractivity contribution in [2.45, 2.75) is 13.1 Å². The van der Waals surface area contributed by atoms with Crippen LogP contribution in [0.5, 0.6) is 5.75 Å². The van der Waals surface area contributed by atoms with Crippen LogP contribution in [0.25, 0.3) is 21.4 Å². The van der Waals surface area contributed by atoms with E-state index in [1.165, 1.54) is 45.8 Å². The fourth-order valence-electron chi connectivity index (χ4n) is 3.86. The van der Waals surface area contributed by atoms with Crippen LogP contribution in [-0.2, 0) is 32.0 Å². The first-order valence-corrected chi connectivity index (χ1v) is 11.5. The summed E-state index contributed by atoms with van der Waals surface area (Å²) in [6, 6.07) is 11.1. The molecule has 178 valence electrons. The molecule has 0 bridgehead atoms. The molecule has 0 saturated carbocycles. The number of imidazole rings is 1. The minimum atomic E-state index is -0.519. The van der Waals surface area contributed by atoms with E-state index in [-0.39, 0.29) is 30.2 Å². The van der Waals surface area contributed by atoms with Crippen LogP contribution in [0.15, 0.2) is 58.5 Å². The molecule has 5 aromatic rings. The number of aromatic nitrogens is 6. The summed E-state index contributed by atoms with van der Waals surface area (Å²) < 4.78 is 10.0. The number of hydrogen-bond acceptors (Lipinski definition) is 8. The summed E-state index contributed by atoms with van der Waals surface area (Å²) in [7, 11) is 4.50. The number of pyridine rings is 1. The number of methoxy groups -OCH3 is 1. The molecule has 1 aromatic carbocycles. The number of nitrogens with zero attached hydrogens (tertiary/aromatic N) is 7. The summed E-state index contributed by atoms with van der Waals surface area (Å²) >= 11 is 1.36. The van der Waals surface area contributed by atoms with Crippen molar-refractivity contribution in [1.29, 1.82) is 0 Å². The van der Waals surface area contributed by atoms with Crippen molar-refractivity contribution in [3.63, 3.8) is 0 Å².